The Morgan fingerprint density at radius 1 is 1.17 bits per heavy atom. The summed E-state index contributed by atoms with van der Waals surface area (Å²) < 4.78 is 7.37. The van der Waals surface area contributed by atoms with Gasteiger partial charge >= 0.3 is 5.97 Å². The highest BCUT2D eigenvalue weighted by Gasteiger charge is 2.28. The van der Waals surface area contributed by atoms with Crippen LogP contribution in [0.3, 0.4) is 0 Å². The van der Waals surface area contributed by atoms with Gasteiger partial charge in [-0.15, -0.1) is 11.3 Å². The maximum absolute atomic E-state index is 13.1. The lowest BCUT2D eigenvalue weighted by Crippen LogP contribution is -2.16. The van der Waals surface area contributed by atoms with Crippen molar-refractivity contribution in [3.63, 3.8) is 0 Å². The minimum absolute atomic E-state index is 0.0182. The third kappa shape index (κ3) is 4.94. The Labute approximate surface area is 209 Å². The van der Waals surface area contributed by atoms with E-state index in [1.807, 2.05) is 32.9 Å². The molecule has 35 heavy (non-hydrogen) atoms. The van der Waals surface area contributed by atoms with Crippen LogP contribution in [0.1, 0.15) is 63.1 Å². The third-order valence-corrected chi connectivity index (χ3v) is 7.51. The number of aromatic nitrogens is 1. The summed E-state index contributed by atoms with van der Waals surface area (Å²) in [6.07, 6.45) is 5.35. The van der Waals surface area contributed by atoms with Crippen molar-refractivity contribution in [3.8, 4) is 11.8 Å². The van der Waals surface area contributed by atoms with Gasteiger partial charge in [0.1, 0.15) is 16.6 Å². The van der Waals surface area contributed by atoms with Crippen LogP contribution in [-0.4, -0.2) is 23.1 Å². The van der Waals surface area contributed by atoms with Gasteiger partial charge < -0.3 is 14.6 Å². The number of nitriles is 1. The largest absolute Gasteiger partial charge is 0.462 e. The van der Waals surface area contributed by atoms with Gasteiger partial charge in [0, 0.05) is 22.0 Å². The highest BCUT2D eigenvalue weighted by Crippen LogP contribution is 2.39. The predicted molar refractivity (Wildman–Crippen MR) is 139 cm³/mol. The number of carbonyl (C=O) groups is 2. The molecule has 1 aliphatic rings. The molecule has 1 N–H and O–H groups in total. The zero-order chi connectivity index (χ0) is 25.1. The van der Waals surface area contributed by atoms with E-state index < -0.39 is 11.9 Å². The summed E-state index contributed by atoms with van der Waals surface area (Å²) in [5.74, 6) is -0.955. The van der Waals surface area contributed by atoms with Crippen molar-refractivity contribution in [2.75, 3.05) is 11.9 Å². The average molecular weight is 488 g/mol. The van der Waals surface area contributed by atoms with Crippen LogP contribution in [0.5, 0.6) is 0 Å². The number of ether oxygens (including phenoxy) is 1. The average Bonchev–Trinajstić information content (AvgIpc) is 3.34. The molecule has 180 valence electrons. The number of nitrogens with one attached hydrogen (secondary N) is 1. The number of thiophene rings is 1. The fourth-order valence-corrected chi connectivity index (χ4v) is 5.85. The van der Waals surface area contributed by atoms with Gasteiger partial charge in [-0.05, 0) is 88.8 Å². The lowest BCUT2D eigenvalue weighted by molar-refractivity contribution is -0.112. The second-order valence-corrected chi connectivity index (χ2v) is 9.86. The second kappa shape index (κ2) is 10.3. The zero-order valence-corrected chi connectivity index (χ0v) is 21.3. The molecule has 0 atom stereocenters. The van der Waals surface area contributed by atoms with Crippen molar-refractivity contribution in [3.05, 3.63) is 74.4 Å². The smallest absolute Gasteiger partial charge is 0.341 e. The van der Waals surface area contributed by atoms with E-state index in [4.69, 9.17) is 4.74 Å². The van der Waals surface area contributed by atoms with Gasteiger partial charge in [-0.1, -0.05) is 17.7 Å². The van der Waals surface area contributed by atoms with Gasteiger partial charge in [-0.2, -0.15) is 5.26 Å². The topological polar surface area (TPSA) is 84.1 Å². The number of esters is 1. The summed E-state index contributed by atoms with van der Waals surface area (Å²) in [6, 6.07) is 12.2. The van der Waals surface area contributed by atoms with Crippen molar-refractivity contribution < 1.29 is 14.3 Å². The van der Waals surface area contributed by atoms with E-state index in [2.05, 4.69) is 34.1 Å². The number of amides is 1. The lowest BCUT2D eigenvalue weighted by Gasteiger charge is -2.12. The highest BCUT2D eigenvalue weighted by atomic mass is 32.1. The summed E-state index contributed by atoms with van der Waals surface area (Å²) in [6.45, 7) is 8.04. The van der Waals surface area contributed by atoms with Crippen LogP contribution in [0.4, 0.5) is 5.00 Å². The van der Waals surface area contributed by atoms with Crippen molar-refractivity contribution in [1.29, 1.82) is 5.26 Å². The van der Waals surface area contributed by atoms with Crippen LogP contribution >= 0.6 is 11.3 Å². The number of rotatable bonds is 6. The standard InChI is InChI=1S/C28H29N3O3S/c1-5-34-28(33)25-23-8-6-7-9-24(23)35-27(25)30-26(32)21(16-29)15-20-14-18(3)31(19(20)4)22-12-10-17(2)11-13-22/h10-15H,5-9H2,1-4H3,(H,30,32)/b21-15+. The second-order valence-electron chi connectivity index (χ2n) is 8.76. The Kier molecular flexibility index (Phi) is 7.23. The van der Waals surface area contributed by atoms with E-state index in [0.717, 1.165) is 58.8 Å². The molecule has 0 bridgehead atoms. The summed E-state index contributed by atoms with van der Waals surface area (Å²) in [5, 5.41) is 13.1. The van der Waals surface area contributed by atoms with Crippen molar-refractivity contribution >= 4 is 34.3 Å². The molecule has 0 saturated heterocycles. The summed E-state index contributed by atoms with van der Waals surface area (Å²) in [4.78, 5) is 27.0. The number of anilines is 1. The Bertz CT molecular complexity index is 1350. The first-order chi connectivity index (χ1) is 16.8. The fourth-order valence-electron chi connectivity index (χ4n) is 4.57. The van der Waals surface area contributed by atoms with E-state index in [-0.39, 0.29) is 12.2 Å². The van der Waals surface area contributed by atoms with E-state index in [1.165, 1.54) is 16.9 Å². The van der Waals surface area contributed by atoms with E-state index in [0.29, 0.717) is 10.6 Å². The molecule has 2 aromatic heterocycles. The van der Waals surface area contributed by atoms with Crippen LogP contribution < -0.4 is 5.32 Å². The Morgan fingerprint density at radius 3 is 2.57 bits per heavy atom. The molecule has 0 unspecified atom stereocenters. The minimum atomic E-state index is -0.531. The summed E-state index contributed by atoms with van der Waals surface area (Å²) in [5.41, 5.74) is 6.33. The monoisotopic (exact) mass is 487 g/mol. The molecular weight excluding hydrogens is 458 g/mol. The van der Waals surface area contributed by atoms with Crippen LogP contribution in [0.2, 0.25) is 0 Å². The molecule has 0 spiro atoms. The van der Waals surface area contributed by atoms with Gasteiger partial charge in [0.25, 0.3) is 5.91 Å². The van der Waals surface area contributed by atoms with Crippen LogP contribution in [-0.2, 0) is 22.4 Å². The quantitative estimate of drug-likeness (QED) is 0.260. The van der Waals surface area contributed by atoms with Crippen molar-refractivity contribution in [2.45, 2.75) is 53.4 Å². The molecule has 1 aliphatic carbocycles. The number of benzene rings is 1. The number of aryl methyl sites for hydroxylation is 3. The van der Waals surface area contributed by atoms with E-state index in [1.54, 1.807) is 13.0 Å². The summed E-state index contributed by atoms with van der Waals surface area (Å²) in [7, 11) is 0. The Morgan fingerprint density at radius 2 is 1.89 bits per heavy atom. The maximum atomic E-state index is 13.1. The van der Waals surface area contributed by atoms with Gasteiger partial charge in [0.15, 0.2) is 0 Å². The number of fused-ring (bicyclic) bond motifs is 1. The van der Waals surface area contributed by atoms with E-state index >= 15 is 0 Å². The van der Waals surface area contributed by atoms with Crippen LogP contribution in [0.15, 0.2) is 35.9 Å². The van der Waals surface area contributed by atoms with Crippen molar-refractivity contribution in [1.82, 2.24) is 4.57 Å². The molecule has 7 heteroatoms. The van der Waals surface area contributed by atoms with Crippen LogP contribution in [0, 0.1) is 32.1 Å². The molecule has 0 fully saturated rings. The van der Waals surface area contributed by atoms with Gasteiger partial charge in [-0.3, -0.25) is 4.79 Å². The number of carbonyl (C=O) groups excluding carboxylic acids is 2. The molecule has 6 nitrogen and oxygen atoms in total. The van der Waals surface area contributed by atoms with Gasteiger partial charge in [-0.25, -0.2) is 4.79 Å². The number of hydrogen-bond acceptors (Lipinski definition) is 5. The SMILES string of the molecule is CCOC(=O)c1c(NC(=O)/C(C#N)=C/c2cc(C)n(-c3ccc(C)cc3)c2C)sc2c1CCCC2. The molecule has 1 amide bonds. The highest BCUT2D eigenvalue weighted by molar-refractivity contribution is 7.17. The zero-order valence-electron chi connectivity index (χ0n) is 20.5. The molecule has 3 aromatic rings. The Hall–Kier alpha value is -3.63. The third-order valence-electron chi connectivity index (χ3n) is 6.31. The number of nitrogens with zero attached hydrogens (tertiary/aromatic N) is 2. The minimum Gasteiger partial charge on any atom is -0.462 e. The molecule has 0 saturated carbocycles. The van der Waals surface area contributed by atoms with Crippen molar-refractivity contribution in [2.24, 2.45) is 0 Å². The molecule has 0 radical (unpaired) electrons. The molecule has 0 aliphatic heterocycles. The summed E-state index contributed by atoms with van der Waals surface area (Å²) >= 11 is 1.41. The van der Waals surface area contributed by atoms with Crippen LogP contribution in [0.25, 0.3) is 11.8 Å². The molecular formula is C28H29N3O3S. The fraction of sp³-hybridized carbons (Fsp3) is 0.321. The van der Waals surface area contributed by atoms with Gasteiger partial charge in [0.2, 0.25) is 0 Å². The van der Waals surface area contributed by atoms with Gasteiger partial charge in [0.05, 0.1) is 12.2 Å². The molecule has 4 rings (SSSR count). The normalized spacial score (nSPS) is 13.2. The Balaban J connectivity index is 1.66. The number of hydrogen-bond donors (Lipinski definition) is 1. The molecule has 1 aromatic carbocycles. The van der Waals surface area contributed by atoms with E-state index in [9.17, 15) is 14.9 Å². The lowest BCUT2D eigenvalue weighted by atomic mass is 9.95. The molecule has 2 heterocycles. The predicted octanol–water partition coefficient (Wildman–Crippen LogP) is 6.07. The first-order valence-corrected chi connectivity index (χ1v) is 12.7. The maximum Gasteiger partial charge on any atom is 0.341 e. The first kappa shape index (κ1) is 24.5. The first-order valence-electron chi connectivity index (χ1n) is 11.8.